The first-order valence-electron chi connectivity index (χ1n) is 5.79. The van der Waals surface area contributed by atoms with Crippen molar-refractivity contribution < 1.29 is 9.90 Å². The predicted molar refractivity (Wildman–Crippen MR) is 67.0 cm³/mol. The van der Waals surface area contributed by atoms with E-state index in [1.807, 2.05) is 24.3 Å². The van der Waals surface area contributed by atoms with E-state index in [9.17, 15) is 4.79 Å². The standard InChI is InChI=1S/C13H18N2O2/c1-13(2,8-16)15-12(17)10-7-14-11-6-4-3-5-9(10)11/h3-6,10,14,16H,7-8H2,1-2H3,(H,15,17). The van der Waals surface area contributed by atoms with Crippen molar-refractivity contribution in [2.45, 2.75) is 25.3 Å². The zero-order valence-corrected chi connectivity index (χ0v) is 10.2. The second-order valence-electron chi connectivity index (χ2n) is 5.05. The number of para-hydroxylation sites is 1. The van der Waals surface area contributed by atoms with Crippen LogP contribution in [0.15, 0.2) is 24.3 Å². The summed E-state index contributed by atoms with van der Waals surface area (Å²) in [5, 5.41) is 15.2. The molecule has 0 fully saturated rings. The maximum Gasteiger partial charge on any atom is 0.229 e. The van der Waals surface area contributed by atoms with E-state index in [0.29, 0.717) is 6.54 Å². The molecule has 3 N–H and O–H groups in total. The lowest BCUT2D eigenvalue weighted by Gasteiger charge is -2.25. The van der Waals surface area contributed by atoms with Crippen molar-refractivity contribution in [1.82, 2.24) is 5.32 Å². The number of hydrogen-bond acceptors (Lipinski definition) is 3. The summed E-state index contributed by atoms with van der Waals surface area (Å²) in [6.45, 7) is 4.16. The van der Waals surface area contributed by atoms with Gasteiger partial charge in [0.2, 0.25) is 5.91 Å². The number of carbonyl (C=O) groups excluding carboxylic acids is 1. The molecule has 92 valence electrons. The summed E-state index contributed by atoms with van der Waals surface area (Å²) in [6, 6.07) is 7.82. The monoisotopic (exact) mass is 234 g/mol. The lowest BCUT2D eigenvalue weighted by atomic mass is 9.98. The van der Waals surface area contributed by atoms with Gasteiger partial charge in [-0.05, 0) is 25.5 Å². The number of hydrogen-bond donors (Lipinski definition) is 3. The van der Waals surface area contributed by atoms with Crippen molar-refractivity contribution in [3.63, 3.8) is 0 Å². The molecule has 4 heteroatoms. The average Bonchev–Trinajstić information content (AvgIpc) is 2.72. The van der Waals surface area contributed by atoms with Crippen LogP contribution < -0.4 is 10.6 Å². The molecule has 4 nitrogen and oxygen atoms in total. The largest absolute Gasteiger partial charge is 0.394 e. The molecule has 1 unspecified atom stereocenters. The number of aliphatic hydroxyl groups is 1. The molecule has 0 saturated heterocycles. The molecule has 0 saturated carbocycles. The Balaban J connectivity index is 2.13. The number of amides is 1. The summed E-state index contributed by atoms with van der Waals surface area (Å²) in [6.07, 6.45) is 0. The molecule has 0 aliphatic carbocycles. The lowest BCUT2D eigenvalue weighted by Crippen LogP contribution is -2.48. The molecule has 1 heterocycles. The fourth-order valence-corrected chi connectivity index (χ4v) is 1.98. The molecule has 1 aromatic carbocycles. The van der Waals surface area contributed by atoms with E-state index in [2.05, 4.69) is 10.6 Å². The molecule has 17 heavy (non-hydrogen) atoms. The quantitative estimate of drug-likeness (QED) is 0.733. The SMILES string of the molecule is CC(C)(CO)NC(=O)C1CNc2ccccc21. The van der Waals surface area contributed by atoms with Crippen LogP contribution in [-0.4, -0.2) is 29.7 Å². The normalized spacial score (nSPS) is 18.4. The molecule has 1 aliphatic rings. The van der Waals surface area contributed by atoms with Gasteiger partial charge in [0.15, 0.2) is 0 Å². The zero-order valence-electron chi connectivity index (χ0n) is 10.2. The Kier molecular flexibility index (Phi) is 3.07. The number of nitrogens with one attached hydrogen (secondary N) is 2. The average molecular weight is 234 g/mol. The fourth-order valence-electron chi connectivity index (χ4n) is 1.98. The van der Waals surface area contributed by atoms with Gasteiger partial charge in [-0.25, -0.2) is 0 Å². The van der Waals surface area contributed by atoms with E-state index >= 15 is 0 Å². The van der Waals surface area contributed by atoms with Crippen LogP contribution in [0.4, 0.5) is 5.69 Å². The third-order valence-electron chi connectivity index (χ3n) is 3.01. The van der Waals surface area contributed by atoms with E-state index < -0.39 is 5.54 Å². The lowest BCUT2D eigenvalue weighted by molar-refractivity contribution is -0.124. The van der Waals surface area contributed by atoms with Crippen LogP contribution >= 0.6 is 0 Å². The summed E-state index contributed by atoms with van der Waals surface area (Å²) < 4.78 is 0. The molecular weight excluding hydrogens is 216 g/mol. The van der Waals surface area contributed by atoms with E-state index in [1.165, 1.54) is 0 Å². The van der Waals surface area contributed by atoms with Crippen LogP contribution in [0.1, 0.15) is 25.3 Å². The Hall–Kier alpha value is -1.55. The second-order valence-corrected chi connectivity index (χ2v) is 5.05. The van der Waals surface area contributed by atoms with Crippen molar-refractivity contribution in [3.8, 4) is 0 Å². The van der Waals surface area contributed by atoms with Crippen molar-refractivity contribution in [3.05, 3.63) is 29.8 Å². The first-order chi connectivity index (χ1) is 8.03. The van der Waals surface area contributed by atoms with Gasteiger partial charge in [-0.1, -0.05) is 18.2 Å². The Morgan fingerprint density at radius 2 is 2.24 bits per heavy atom. The van der Waals surface area contributed by atoms with Gasteiger partial charge in [-0.3, -0.25) is 4.79 Å². The Morgan fingerprint density at radius 3 is 2.94 bits per heavy atom. The first kappa shape index (κ1) is 11.9. The van der Waals surface area contributed by atoms with E-state index in [-0.39, 0.29) is 18.4 Å². The molecule has 0 bridgehead atoms. The van der Waals surface area contributed by atoms with Gasteiger partial charge < -0.3 is 15.7 Å². The smallest absolute Gasteiger partial charge is 0.229 e. The van der Waals surface area contributed by atoms with Crippen molar-refractivity contribution in [2.75, 3.05) is 18.5 Å². The van der Waals surface area contributed by atoms with Gasteiger partial charge in [0.05, 0.1) is 18.1 Å². The Labute approximate surface area is 101 Å². The summed E-state index contributed by atoms with van der Waals surface area (Å²) >= 11 is 0. The van der Waals surface area contributed by atoms with Gasteiger partial charge in [0.1, 0.15) is 0 Å². The third kappa shape index (κ3) is 2.42. The topological polar surface area (TPSA) is 61.4 Å². The number of anilines is 1. The van der Waals surface area contributed by atoms with Crippen LogP contribution in [0.2, 0.25) is 0 Å². The van der Waals surface area contributed by atoms with Gasteiger partial charge in [0.25, 0.3) is 0 Å². The number of fused-ring (bicyclic) bond motifs is 1. The number of carbonyl (C=O) groups is 1. The van der Waals surface area contributed by atoms with Crippen molar-refractivity contribution in [2.24, 2.45) is 0 Å². The van der Waals surface area contributed by atoms with Crippen LogP contribution in [0.25, 0.3) is 0 Å². The number of rotatable bonds is 3. The molecule has 1 amide bonds. The van der Waals surface area contributed by atoms with Gasteiger partial charge >= 0.3 is 0 Å². The third-order valence-corrected chi connectivity index (χ3v) is 3.01. The minimum absolute atomic E-state index is 0.0403. The maximum atomic E-state index is 12.1. The van der Waals surface area contributed by atoms with E-state index in [1.54, 1.807) is 13.8 Å². The van der Waals surface area contributed by atoms with Crippen LogP contribution in [-0.2, 0) is 4.79 Å². The molecule has 1 aromatic rings. The molecule has 0 radical (unpaired) electrons. The Morgan fingerprint density at radius 1 is 1.53 bits per heavy atom. The first-order valence-corrected chi connectivity index (χ1v) is 5.79. The highest BCUT2D eigenvalue weighted by molar-refractivity contribution is 5.88. The minimum Gasteiger partial charge on any atom is -0.394 e. The van der Waals surface area contributed by atoms with Crippen molar-refractivity contribution >= 4 is 11.6 Å². The van der Waals surface area contributed by atoms with Crippen LogP contribution in [0.5, 0.6) is 0 Å². The van der Waals surface area contributed by atoms with Gasteiger partial charge in [-0.15, -0.1) is 0 Å². The zero-order chi connectivity index (χ0) is 12.5. The fraction of sp³-hybridized carbons (Fsp3) is 0.462. The van der Waals surface area contributed by atoms with E-state index in [0.717, 1.165) is 11.3 Å². The van der Waals surface area contributed by atoms with E-state index in [4.69, 9.17) is 5.11 Å². The molecule has 1 aliphatic heterocycles. The van der Waals surface area contributed by atoms with Gasteiger partial charge in [0, 0.05) is 12.2 Å². The highest BCUT2D eigenvalue weighted by atomic mass is 16.3. The molecule has 0 aromatic heterocycles. The number of aliphatic hydroxyl groups excluding tert-OH is 1. The minimum atomic E-state index is -0.575. The Bertz CT molecular complexity index is 429. The predicted octanol–water partition coefficient (Wildman–Crippen LogP) is 1.08. The number of benzene rings is 1. The van der Waals surface area contributed by atoms with Gasteiger partial charge in [-0.2, -0.15) is 0 Å². The summed E-state index contributed by atoms with van der Waals surface area (Å²) in [4.78, 5) is 12.1. The highest BCUT2D eigenvalue weighted by Crippen LogP contribution is 2.31. The molecule has 0 spiro atoms. The summed E-state index contributed by atoms with van der Waals surface area (Å²) in [5.74, 6) is -0.210. The highest BCUT2D eigenvalue weighted by Gasteiger charge is 2.31. The van der Waals surface area contributed by atoms with Crippen LogP contribution in [0.3, 0.4) is 0 Å². The molecular formula is C13H18N2O2. The summed E-state index contributed by atoms with van der Waals surface area (Å²) in [5.41, 5.74) is 1.47. The maximum absolute atomic E-state index is 12.1. The molecule has 2 rings (SSSR count). The van der Waals surface area contributed by atoms with Crippen LogP contribution in [0, 0.1) is 0 Å². The second kappa shape index (κ2) is 4.37. The molecule has 1 atom stereocenters. The van der Waals surface area contributed by atoms with Crippen molar-refractivity contribution in [1.29, 1.82) is 0 Å². The summed E-state index contributed by atoms with van der Waals surface area (Å²) in [7, 11) is 0.